The summed E-state index contributed by atoms with van der Waals surface area (Å²) >= 11 is 5.00. The molecule has 0 aliphatic carbocycles. The van der Waals surface area contributed by atoms with E-state index in [4.69, 9.17) is 18.0 Å². The summed E-state index contributed by atoms with van der Waals surface area (Å²) in [6.45, 7) is 4.13. The van der Waals surface area contributed by atoms with E-state index in [9.17, 15) is 4.79 Å². The Kier molecular flexibility index (Phi) is 5.96. The van der Waals surface area contributed by atoms with Gasteiger partial charge in [-0.2, -0.15) is 0 Å². The molecule has 1 unspecified atom stereocenters. The van der Waals surface area contributed by atoms with Crippen molar-refractivity contribution < 1.29 is 4.79 Å². The first kappa shape index (κ1) is 15.6. The van der Waals surface area contributed by atoms with E-state index in [2.05, 4.69) is 6.92 Å². The fraction of sp³-hybridized carbons (Fsp3) is 0.467. The number of hydrogen-bond donors (Lipinski definition) is 1. The second-order valence-electron chi connectivity index (χ2n) is 4.66. The van der Waals surface area contributed by atoms with Crippen LogP contribution < -0.4 is 10.6 Å². The lowest BCUT2D eigenvalue weighted by molar-refractivity contribution is -0.120. The van der Waals surface area contributed by atoms with Crippen LogP contribution in [-0.2, 0) is 11.2 Å². The monoisotopic (exact) mass is 278 g/mol. The van der Waals surface area contributed by atoms with Crippen molar-refractivity contribution in [2.24, 2.45) is 11.7 Å². The summed E-state index contributed by atoms with van der Waals surface area (Å²) in [4.78, 5) is 14.3. The molecule has 0 spiro atoms. The van der Waals surface area contributed by atoms with Gasteiger partial charge in [-0.15, -0.1) is 0 Å². The van der Waals surface area contributed by atoms with Gasteiger partial charge in [0.1, 0.15) is 0 Å². The van der Waals surface area contributed by atoms with E-state index in [0.717, 1.165) is 18.5 Å². The number of benzene rings is 1. The summed E-state index contributed by atoms with van der Waals surface area (Å²) in [7, 11) is 1.77. The average Bonchev–Trinajstić information content (AvgIpc) is 2.43. The third-order valence-electron chi connectivity index (χ3n) is 3.28. The average molecular weight is 278 g/mol. The lowest BCUT2D eigenvalue weighted by Gasteiger charge is -2.23. The first-order valence-electron chi connectivity index (χ1n) is 6.67. The van der Waals surface area contributed by atoms with Crippen molar-refractivity contribution >= 4 is 28.8 Å². The molecule has 1 atom stereocenters. The van der Waals surface area contributed by atoms with Gasteiger partial charge in [0.2, 0.25) is 5.91 Å². The van der Waals surface area contributed by atoms with Gasteiger partial charge in [-0.3, -0.25) is 4.79 Å². The van der Waals surface area contributed by atoms with E-state index in [1.54, 1.807) is 11.9 Å². The molecular weight excluding hydrogens is 256 g/mol. The molecular formula is C15H22N2OS. The third kappa shape index (κ3) is 4.03. The summed E-state index contributed by atoms with van der Waals surface area (Å²) in [5.74, 6) is -0.394. The maximum Gasteiger partial charge on any atom is 0.236 e. The van der Waals surface area contributed by atoms with Crippen LogP contribution in [0.15, 0.2) is 24.3 Å². The van der Waals surface area contributed by atoms with Crippen molar-refractivity contribution in [1.82, 2.24) is 0 Å². The molecule has 3 nitrogen and oxygen atoms in total. The highest BCUT2D eigenvalue weighted by molar-refractivity contribution is 7.80. The van der Waals surface area contributed by atoms with Crippen LogP contribution in [-0.4, -0.2) is 17.9 Å². The Bertz CT molecular complexity index is 442. The summed E-state index contributed by atoms with van der Waals surface area (Å²) in [5.41, 5.74) is 7.80. The van der Waals surface area contributed by atoms with Gasteiger partial charge in [0, 0.05) is 12.7 Å². The number of nitrogens with zero attached hydrogens (tertiary/aromatic N) is 1. The number of rotatable bonds is 6. The van der Waals surface area contributed by atoms with E-state index in [0.29, 0.717) is 6.42 Å². The molecule has 0 bridgehead atoms. The fourth-order valence-corrected chi connectivity index (χ4v) is 2.21. The minimum atomic E-state index is -0.365. The van der Waals surface area contributed by atoms with Gasteiger partial charge in [0.25, 0.3) is 0 Å². The van der Waals surface area contributed by atoms with Gasteiger partial charge in [-0.1, -0.05) is 44.6 Å². The summed E-state index contributed by atoms with van der Waals surface area (Å²) in [6, 6.07) is 7.99. The molecule has 1 amide bonds. The van der Waals surface area contributed by atoms with Crippen LogP contribution in [0.4, 0.5) is 5.69 Å². The van der Waals surface area contributed by atoms with Crippen LogP contribution in [0, 0.1) is 5.92 Å². The van der Waals surface area contributed by atoms with E-state index >= 15 is 0 Å². The minimum Gasteiger partial charge on any atom is -0.393 e. The normalized spacial score (nSPS) is 11.9. The zero-order chi connectivity index (χ0) is 14.4. The van der Waals surface area contributed by atoms with Gasteiger partial charge in [-0.25, -0.2) is 0 Å². The van der Waals surface area contributed by atoms with Gasteiger partial charge in [0.15, 0.2) is 0 Å². The second kappa shape index (κ2) is 7.24. The number of carbonyl (C=O) groups is 1. The van der Waals surface area contributed by atoms with Crippen molar-refractivity contribution in [2.75, 3.05) is 11.9 Å². The topological polar surface area (TPSA) is 46.3 Å². The largest absolute Gasteiger partial charge is 0.393 e. The summed E-state index contributed by atoms with van der Waals surface area (Å²) < 4.78 is 0. The number of amides is 1. The molecule has 0 aliphatic heterocycles. The Hall–Kier alpha value is -1.42. The minimum absolute atomic E-state index is 0.0291. The van der Waals surface area contributed by atoms with Crippen molar-refractivity contribution in [3.8, 4) is 0 Å². The number of nitrogens with two attached hydrogens (primary N) is 1. The van der Waals surface area contributed by atoms with E-state index in [1.807, 2.05) is 31.2 Å². The molecule has 1 aromatic rings. The Balaban J connectivity index is 2.87. The maximum atomic E-state index is 12.4. The number of aryl methyl sites for hydroxylation is 1. The Labute approximate surface area is 120 Å². The van der Waals surface area contributed by atoms with Crippen LogP contribution in [0.1, 0.15) is 32.3 Å². The van der Waals surface area contributed by atoms with Crippen molar-refractivity contribution in [3.63, 3.8) is 0 Å². The molecule has 0 aliphatic rings. The zero-order valence-corrected chi connectivity index (χ0v) is 12.7. The molecule has 104 valence electrons. The fourth-order valence-electron chi connectivity index (χ4n) is 1.99. The SMILES string of the molecule is CCCC(C(=O)N(C)c1ccc(CC)cc1)C(N)=S. The molecule has 0 saturated carbocycles. The summed E-state index contributed by atoms with van der Waals surface area (Å²) in [5, 5.41) is 0. The maximum absolute atomic E-state index is 12.4. The molecule has 2 N–H and O–H groups in total. The molecule has 0 saturated heterocycles. The standard InChI is InChI=1S/C15H22N2OS/c1-4-6-13(14(16)19)15(18)17(3)12-9-7-11(5-2)8-10-12/h7-10,13H,4-6H2,1-3H3,(H2,16,19). The Morgan fingerprint density at radius 1 is 1.32 bits per heavy atom. The molecule has 0 heterocycles. The zero-order valence-electron chi connectivity index (χ0n) is 11.8. The van der Waals surface area contributed by atoms with E-state index in [-0.39, 0.29) is 16.8 Å². The van der Waals surface area contributed by atoms with Gasteiger partial charge < -0.3 is 10.6 Å². The first-order valence-corrected chi connectivity index (χ1v) is 7.07. The van der Waals surface area contributed by atoms with Gasteiger partial charge in [-0.05, 0) is 30.5 Å². The molecule has 4 heteroatoms. The first-order chi connectivity index (χ1) is 9.01. The number of carbonyl (C=O) groups excluding carboxylic acids is 1. The smallest absolute Gasteiger partial charge is 0.236 e. The highest BCUT2D eigenvalue weighted by Crippen LogP contribution is 2.18. The molecule has 1 rings (SSSR count). The molecule has 19 heavy (non-hydrogen) atoms. The van der Waals surface area contributed by atoms with Crippen LogP contribution in [0.2, 0.25) is 0 Å². The third-order valence-corrected chi connectivity index (χ3v) is 3.57. The van der Waals surface area contributed by atoms with Gasteiger partial charge in [0.05, 0.1) is 10.9 Å². The van der Waals surface area contributed by atoms with E-state index in [1.165, 1.54) is 5.56 Å². The van der Waals surface area contributed by atoms with Crippen molar-refractivity contribution in [1.29, 1.82) is 0 Å². The van der Waals surface area contributed by atoms with Crippen LogP contribution >= 0.6 is 12.2 Å². The molecule has 0 aromatic heterocycles. The van der Waals surface area contributed by atoms with E-state index < -0.39 is 0 Å². The van der Waals surface area contributed by atoms with Crippen molar-refractivity contribution in [2.45, 2.75) is 33.1 Å². The lowest BCUT2D eigenvalue weighted by atomic mass is 10.0. The van der Waals surface area contributed by atoms with Gasteiger partial charge >= 0.3 is 0 Å². The van der Waals surface area contributed by atoms with Crippen LogP contribution in [0.25, 0.3) is 0 Å². The predicted molar refractivity (Wildman–Crippen MR) is 84.4 cm³/mol. The van der Waals surface area contributed by atoms with Crippen LogP contribution in [0.3, 0.4) is 0 Å². The number of anilines is 1. The number of thiocarbonyl (C=S) groups is 1. The number of hydrogen-bond acceptors (Lipinski definition) is 2. The predicted octanol–water partition coefficient (Wildman–Crippen LogP) is 2.91. The highest BCUT2D eigenvalue weighted by atomic mass is 32.1. The second-order valence-corrected chi connectivity index (χ2v) is 5.13. The highest BCUT2D eigenvalue weighted by Gasteiger charge is 2.24. The Morgan fingerprint density at radius 3 is 2.32 bits per heavy atom. The molecule has 1 aromatic carbocycles. The lowest BCUT2D eigenvalue weighted by Crippen LogP contribution is -2.39. The van der Waals surface area contributed by atoms with Crippen LogP contribution in [0.5, 0.6) is 0 Å². The molecule has 0 radical (unpaired) electrons. The Morgan fingerprint density at radius 2 is 1.89 bits per heavy atom. The van der Waals surface area contributed by atoms with Crippen molar-refractivity contribution in [3.05, 3.63) is 29.8 Å². The summed E-state index contributed by atoms with van der Waals surface area (Å²) in [6.07, 6.45) is 2.57. The quantitative estimate of drug-likeness (QED) is 0.814. The molecule has 0 fully saturated rings.